The molecule has 1 saturated heterocycles. The van der Waals surface area contributed by atoms with Gasteiger partial charge in [-0.05, 0) is 49.3 Å². The number of rotatable bonds is 2. The lowest BCUT2D eigenvalue weighted by molar-refractivity contribution is -0.136. The Hall–Kier alpha value is -3.68. The largest absolute Gasteiger partial charge is 0.356 e. The number of hydrogen-bond acceptors (Lipinski definition) is 4. The van der Waals surface area contributed by atoms with Crippen LogP contribution in [0, 0.1) is 11.8 Å². The van der Waals surface area contributed by atoms with E-state index in [1.54, 1.807) is 4.68 Å². The Bertz CT molecular complexity index is 1400. The highest BCUT2D eigenvalue weighted by atomic mass is 16.2. The molecular formula is C31H37N5O3. The number of aryl methyl sites for hydroxylation is 1. The second-order valence-corrected chi connectivity index (χ2v) is 11.3. The van der Waals surface area contributed by atoms with Gasteiger partial charge in [-0.2, -0.15) is 5.10 Å². The van der Waals surface area contributed by atoms with Gasteiger partial charge in [-0.25, -0.2) is 0 Å². The van der Waals surface area contributed by atoms with Gasteiger partial charge in [0.15, 0.2) is 5.69 Å². The maximum absolute atomic E-state index is 14.2. The van der Waals surface area contributed by atoms with Gasteiger partial charge in [0.1, 0.15) is 0 Å². The number of carbonyl (C=O) groups excluding carboxylic acids is 3. The van der Waals surface area contributed by atoms with Crippen molar-refractivity contribution in [1.82, 2.24) is 24.9 Å². The molecule has 6 rings (SSSR count). The molecule has 2 fully saturated rings. The van der Waals surface area contributed by atoms with Crippen molar-refractivity contribution in [3.63, 3.8) is 0 Å². The average molecular weight is 528 g/mol. The molecule has 3 amide bonds. The summed E-state index contributed by atoms with van der Waals surface area (Å²) < 4.78 is 1.74. The molecule has 39 heavy (non-hydrogen) atoms. The molecule has 0 spiro atoms. The SMILES string of the molecule is Cn1nc(C(=O)N2CCCCCCNC(=O)[C@@H]3C[C@@H](C(=O)N4CCc5ccccc5C4)C[C@@H]32)c2ccccc21. The fraction of sp³-hybridized carbons (Fsp3) is 0.484. The standard InChI is InChI=1S/C31H37N5O3/c1-34-26-13-7-6-12-24(26)28(33-34)31(39)36-16-9-3-2-8-15-32-29(37)25-18-23(19-27(25)36)30(38)35-17-14-21-10-4-5-11-22(21)20-35/h4-7,10-13,23,25,27H,2-3,8-9,14-20H2,1H3,(H,32,37)/t23-,25-,27+/m1/s1. The van der Waals surface area contributed by atoms with Gasteiger partial charge in [0.05, 0.1) is 11.4 Å². The van der Waals surface area contributed by atoms with E-state index in [0.29, 0.717) is 44.7 Å². The normalized spacial score (nSPS) is 24.0. The summed E-state index contributed by atoms with van der Waals surface area (Å²) in [5.41, 5.74) is 3.82. The number of fused-ring (bicyclic) bond motifs is 3. The molecule has 2 aromatic carbocycles. The van der Waals surface area contributed by atoms with Crippen LogP contribution in [0.25, 0.3) is 10.9 Å². The zero-order valence-corrected chi connectivity index (χ0v) is 22.6. The third kappa shape index (κ3) is 4.92. The summed E-state index contributed by atoms with van der Waals surface area (Å²) in [5, 5.41) is 8.54. The molecule has 0 radical (unpaired) electrons. The van der Waals surface area contributed by atoms with Crippen LogP contribution in [0.4, 0.5) is 0 Å². The van der Waals surface area contributed by atoms with Crippen molar-refractivity contribution in [2.45, 2.75) is 57.5 Å². The molecule has 8 heteroatoms. The molecule has 3 aliphatic rings. The van der Waals surface area contributed by atoms with E-state index in [9.17, 15) is 14.4 Å². The first kappa shape index (κ1) is 25.6. The minimum Gasteiger partial charge on any atom is -0.356 e. The van der Waals surface area contributed by atoms with Gasteiger partial charge >= 0.3 is 0 Å². The minimum absolute atomic E-state index is 0.0372. The third-order valence-electron chi connectivity index (χ3n) is 8.90. The van der Waals surface area contributed by atoms with Crippen LogP contribution in [-0.4, -0.2) is 63.0 Å². The van der Waals surface area contributed by atoms with Crippen LogP contribution >= 0.6 is 0 Å². The molecule has 1 N–H and O–H groups in total. The van der Waals surface area contributed by atoms with Crippen molar-refractivity contribution in [1.29, 1.82) is 0 Å². The molecule has 1 saturated carbocycles. The van der Waals surface area contributed by atoms with Crippen molar-refractivity contribution in [3.05, 3.63) is 65.4 Å². The number of nitrogens with zero attached hydrogens (tertiary/aromatic N) is 4. The lowest BCUT2D eigenvalue weighted by Crippen LogP contribution is -2.47. The second-order valence-electron chi connectivity index (χ2n) is 11.3. The molecule has 3 aromatic rings. The van der Waals surface area contributed by atoms with Gasteiger partial charge in [-0.3, -0.25) is 19.1 Å². The second kappa shape index (κ2) is 10.8. The maximum Gasteiger partial charge on any atom is 0.275 e. The zero-order chi connectivity index (χ0) is 26.9. The third-order valence-corrected chi connectivity index (χ3v) is 8.90. The van der Waals surface area contributed by atoms with E-state index in [0.717, 1.165) is 43.0 Å². The smallest absolute Gasteiger partial charge is 0.275 e. The lowest BCUT2D eigenvalue weighted by atomic mass is 9.97. The van der Waals surface area contributed by atoms with Crippen LogP contribution in [-0.2, 0) is 29.6 Å². The van der Waals surface area contributed by atoms with E-state index < -0.39 is 5.92 Å². The number of benzene rings is 2. The number of nitrogens with one attached hydrogen (secondary N) is 1. The number of carbonyl (C=O) groups is 3. The molecule has 3 heterocycles. The Morgan fingerprint density at radius 1 is 0.923 bits per heavy atom. The van der Waals surface area contributed by atoms with Gasteiger partial charge in [0.2, 0.25) is 11.8 Å². The van der Waals surface area contributed by atoms with Gasteiger partial charge in [-0.15, -0.1) is 0 Å². The summed E-state index contributed by atoms with van der Waals surface area (Å²) in [4.78, 5) is 45.3. The van der Waals surface area contributed by atoms with Crippen molar-refractivity contribution in [2.75, 3.05) is 19.6 Å². The van der Waals surface area contributed by atoms with Crippen molar-refractivity contribution < 1.29 is 14.4 Å². The quantitative estimate of drug-likeness (QED) is 0.551. The Morgan fingerprint density at radius 2 is 1.69 bits per heavy atom. The van der Waals surface area contributed by atoms with Crippen LogP contribution in [0.2, 0.25) is 0 Å². The van der Waals surface area contributed by atoms with E-state index in [4.69, 9.17) is 0 Å². The number of aromatic nitrogens is 2. The maximum atomic E-state index is 14.2. The highest BCUT2D eigenvalue weighted by Gasteiger charge is 2.47. The molecule has 1 aromatic heterocycles. The monoisotopic (exact) mass is 527 g/mol. The first-order valence-electron chi connectivity index (χ1n) is 14.4. The number of hydrogen-bond donors (Lipinski definition) is 1. The summed E-state index contributed by atoms with van der Waals surface area (Å²) in [6, 6.07) is 15.7. The Labute approximate surface area is 229 Å². The fourth-order valence-corrected chi connectivity index (χ4v) is 6.81. The first-order chi connectivity index (χ1) is 19.0. The summed E-state index contributed by atoms with van der Waals surface area (Å²) in [5.74, 6) is -0.769. The van der Waals surface area contributed by atoms with Crippen molar-refractivity contribution >= 4 is 28.6 Å². The summed E-state index contributed by atoms with van der Waals surface area (Å²) in [7, 11) is 1.85. The predicted octanol–water partition coefficient (Wildman–Crippen LogP) is 3.69. The Kier molecular flexibility index (Phi) is 7.11. The topological polar surface area (TPSA) is 87.5 Å². The lowest BCUT2D eigenvalue weighted by Gasteiger charge is -2.33. The van der Waals surface area contributed by atoms with Crippen molar-refractivity contribution in [2.24, 2.45) is 18.9 Å². The fourth-order valence-electron chi connectivity index (χ4n) is 6.81. The molecule has 8 nitrogen and oxygen atoms in total. The van der Waals surface area contributed by atoms with Gasteiger partial charge in [0, 0.05) is 50.6 Å². The van der Waals surface area contributed by atoms with Crippen LogP contribution in [0.15, 0.2) is 48.5 Å². The van der Waals surface area contributed by atoms with Crippen LogP contribution in [0.5, 0.6) is 0 Å². The summed E-state index contributed by atoms with van der Waals surface area (Å²) in [6.45, 7) is 2.50. The minimum atomic E-state index is -0.409. The Morgan fingerprint density at radius 3 is 2.56 bits per heavy atom. The van der Waals surface area contributed by atoms with E-state index in [1.807, 2.05) is 53.2 Å². The van der Waals surface area contributed by atoms with Crippen LogP contribution < -0.4 is 5.32 Å². The van der Waals surface area contributed by atoms with Crippen LogP contribution in [0.1, 0.15) is 60.1 Å². The van der Waals surface area contributed by atoms with E-state index in [-0.39, 0.29) is 29.7 Å². The van der Waals surface area contributed by atoms with Crippen molar-refractivity contribution in [3.8, 4) is 0 Å². The molecule has 204 valence electrons. The zero-order valence-electron chi connectivity index (χ0n) is 22.6. The molecule has 0 unspecified atom stereocenters. The molecular weight excluding hydrogens is 490 g/mol. The van der Waals surface area contributed by atoms with E-state index in [2.05, 4.69) is 22.5 Å². The van der Waals surface area contributed by atoms with Crippen LogP contribution in [0.3, 0.4) is 0 Å². The van der Waals surface area contributed by atoms with E-state index >= 15 is 0 Å². The first-order valence-corrected chi connectivity index (χ1v) is 14.4. The predicted molar refractivity (Wildman–Crippen MR) is 149 cm³/mol. The highest BCUT2D eigenvalue weighted by molar-refractivity contribution is 6.05. The Balaban J connectivity index is 1.30. The average Bonchev–Trinajstić information content (AvgIpc) is 3.54. The summed E-state index contributed by atoms with van der Waals surface area (Å²) >= 11 is 0. The van der Waals surface area contributed by atoms with Gasteiger partial charge in [-0.1, -0.05) is 55.3 Å². The summed E-state index contributed by atoms with van der Waals surface area (Å²) in [6.07, 6.45) is 5.63. The van der Waals surface area contributed by atoms with Gasteiger partial charge in [0.25, 0.3) is 5.91 Å². The number of amides is 3. The highest BCUT2D eigenvalue weighted by Crippen LogP contribution is 2.38. The molecule has 3 atom stereocenters. The number of para-hydroxylation sites is 1. The van der Waals surface area contributed by atoms with Gasteiger partial charge < -0.3 is 15.1 Å². The van der Waals surface area contributed by atoms with E-state index in [1.165, 1.54) is 11.1 Å². The molecule has 2 aliphatic heterocycles. The molecule has 1 aliphatic carbocycles. The molecule has 0 bridgehead atoms.